The number of ether oxygens (including phenoxy) is 3. The van der Waals surface area contributed by atoms with Crippen LogP contribution in [0.5, 0.6) is 5.75 Å². The zero-order valence-corrected chi connectivity index (χ0v) is 16.3. The molecule has 1 heterocycles. The Morgan fingerprint density at radius 2 is 1.87 bits per heavy atom. The number of nitrogens with zero attached hydrogens (tertiary/aromatic N) is 1. The maximum Gasteiger partial charge on any atom is 0.522 e. The summed E-state index contributed by atoms with van der Waals surface area (Å²) in [5.41, 5.74) is 0. The molecule has 0 radical (unpaired) electrons. The van der Waals surface area contributed by atoms with E-state index >= 15 is 0 Å². The molecule has 0 bridgehead atoms. The summed E-state index contributed by atoms with van der Waals surface area (Å²) in [6, 6.07) is 3.57. The molecule has 1 saturated heterocycles. The Labute approximate surface area is 174 Å². The highest BCUT2D eigenvalue weighted by atomic mass is 35.5. The molecule has 1 saturated carbocycles. The lowest BCUT2D eigenvalue weighted by atomic mass is 9.92. The molecule has 0 spiro atoms. The SMILES string of the molecule is O=C(COc1ccc(Cl)c(F)c1)NC1CN(C(=O)COC2CC(OC(F)(F)F)C2)C1. The van der Waals surface area contributed by atoms with Crippen LogP contribution in [0.3, 0.4) is 0 Å². The zero-order chi connectivity index (χ0) is 21.9. The van der Waals surface area contributed by atoms with Crippen LogP contribution in [0.1, 0.15) is 12.8 Å². The fourth-order valence-corrected chi connectivity index (χ4v) is 3.10. The van der Waals surface area contributed by atoms with Crippen molar-refractivity contribution in [3.63, 3.8) is 0 Å². The number of halogens is 5. The number of amides is 2. The van der Waals surface area contributed by atoms with E-state index in [-0.39, 0.29) is 61.9 Å². The number of hydrogen-bond donors (Lipinski definition) is 1. The van der Waals surface area contributed by atoms with Crippen LogP contribution in [0.2, 0.25) is 5.02 Å². The van der Waals surface area contributed by atoms with Gasteiger partial charge in [-0.05, 0) is 12.1 Å². The Morgan fingerprint density at radius 3 is 2.50 bits per heavy atom. The molecule has 2 fully saturated rings. The van der Waals surface area contributed by atoms with E-state index in [0.29, 0.717) is 0 Å². The van der Waals surface area contributed by atoms with Crippen LogP contribution in [-0.2, 0) is 19.1 Å². The molecule has 1 aromatic carbocycles. The molecular weight excluding hydrogens is 436 g/mol. The molecule has 1 N–H and O–H groups in total. The molecule has 1 aliphatic carbocycles. The van der Waals surface area contributed by atoms with Gasteiger partial charge in [-0.1, -0.05) is 11.6 Å². The molecule has 166 valence electrons. The third-order valence-electron chi connectivity index (χ3n) is 4.65. The first-order chi connectivity index (χ1) is 14.1. The highest BCUT2D eigenvalue weighted by Gasteiger charge is 2.41. The van der Waals surface area contributed by atoms with Crippen LogP contribution >= 0.6 is 11.6 Å². The van der Waals surface area contributed by atoms with Gasteiger partial charge in [0.15, 0.2) is 6.61 Å². The number of nitrogens with one attached hydrogen (secondary N) is 1. The molecule has 1 aromatic rings. The maximum atomic E-state index is 13.3. The highest BCUT2D eigenvalue weighted by molar-refractivity contribution is 6.30. The molecule has 2 aliphatic rings. The second-order valence-electron chi connectivity index (χ2n) is 7.02. The summed E-state index contributed by atoms with van der Waals surface area (Å²) in [6.45, 7) is 0.00868. The van der Waals surface area contributed by atoms with Gasteiger partial charge in [0.1, 0.15) is 18.2 Å². The van der Waals surface area contributed by atoms with Crippen molar-refractivity contribution < 1.29 is 41.4 Å². The predicted octanol–water partition coefficient (Wildman–Crippen LogP) is 2.27. The largest absolute Gasteiger partial charge is 0.522 e. The first-order valence-corrected chi connectivity index (χ1v) is 9.48. The van der Waals surface area contributed by atoms with Gasteiger partial charge in [-0.25, -0.2) is 4.39 Å². The van der Waals surface area contributed by atoms with Crippen molar-refractivity contribution in [2.75, 3.05) is 26.3 Å². The van der Waals surface area contributed by atoms with Gasteiger partial charge in [-0.3, -0.25) is 14.3 Å². The lowest BCUT2D eigenvalue weighted by molar-refractivity contribution is -0.357. The van der Waals surface area contributed by atoms with Crippen molar-refractivity contribution in [3.8, 4) is 5.75 Å². The number of carbonyl (C=O) groups excluding carboxylic acids is 2. The van der Waals surface area contributed by atoms with Gasteiger partial charge in [-0.15, -0.1) is 13.2 Å². The van der Waals surface area contributed by atoms with E-state index in [2.05, 4.69) is 10.1 Å². The summed E-state index contributed by atoms with van der Waals surface area (Å²) in [5, 5.41) is 2.62. The summed E-state index contributed by atoms with van der Waals surface area (Å²) >= 11 is 5.56. The number of hydrogen-bond acceptors (Lipinski definition) is 5. The van der Waals surface area contributed by atoms with Gasteiger partial charge >= 0.3 is 6.36 Å². The monoisotopic (exact) mass is 454 g/mol. The van der Waals surface area contributed by atoms with Crippen molar-refractivity contribution in [1.82, 2.24) is 10.2 Å². The third-order valence-corrected chi connectivity index (χ3v) is 4.96. The van der Waals surface area contributed by atoms with E-state index in [4.69, 9.17) is 21.1 Å². The van der Waals surface area contributed by atoms with E-state index in [9.17, 15) is 27.2 Å². The summed E-state index contributed by atoms with van der Waals surface area (Å²) in [7, 11) is 0. The van der Waals surface area contributed by atoms with Crippen LogP contribution < -0.4 is 10.1 Å². The van der Waals surface area contributed by atoms with Crippen molar-refractivity contribution in [2.24, 2.45) is 0 Å². The molecule has 1 aliphatic heterocycles. The first kappa shape index (κ1) is 22.6. The van der Waals surface area contributed by atoms with Crippen LogP contribution in [-0.4, -0.2) is 67.6 Å². The van der Waals surface area contributed by atoms with Gasteiger partial charge in [-0.2, -0.15) is 0 Å². The molecule has 30 heavy (non-hydrogen) atoms. The van der Waals surface area contributed by atoms with Crippen molar-refractivity contribution in [3.05, 3.63) is 29.0 Å². The van der Waals surface area contributed by atoms with Crippen LogP contribution in [0.4, 0.5) is 17.6 Å². The molecular formula is C18H19ClF4N2O5. The van der Waals surface area contributed by atoms with E-state index < -0.39 is 30.3 Å². The number of likely N-dealkylation sites (tertiary alicyclic amines) is 1. The molecule has 0 atom stereocenters. The quantitative estimate of drug-likeness (QED) is 0.610. The number of rotatable bonds is 8. The number of alkyl halides is 3. The first-order valence-electron chi connectivity index (χ1n) is 9.10. The minimum Gasteiger partial charge on any atom is -0.484 e. The standard InChI is InChI=1S/C18H19ClF4N2O5/c19-14-2-1-11(5-15(14)20)28-8-16(26)24-10-6-25(7-10)17(27)9-29-12-3-13(4-12)30-18(21,22)23/h1-2,5,10,12-13H,3-4,6-9H2,(H,24,26). The molecule has 7 nitrogen and oxygen atoms in total. The summed E-state index contributed by atoms with van der Waals surface area (Å²) in [6.07, 6.45) is -5.86. The lowest BCUT2D eigenvalue weighted by Crippen LogP contribution is -2.62. The Hall–Kier alpha value is -2.11. The lowest BCUT2D eigenvalue weighted by Gasteiger charge is -2.40. The smallest absolute Gasteiger partial charge is 0.484 e. The van der Waals surface area contributed by atoms with Gasteiger partial charge in [0.2, 0.25) is 5.91 Å². The average molecular weight is 455 g/mol. The minimum atomic E-state index is -4.67. The molecule has 0 aromatic heterocycles. The van der Waals surface area contributed by atoms with E-state index in [0.717, 1.165) is 6.07 Å². The van der Waals surface area contributed by atoms with Crippen molar-refractivity contribution >= 4 is 23.4 Å². The fourth-order valence-electron chi connectivity index (χ4n) is 2.98. The maximum absolute atomic E-state index is 13.3. The molecule has 3 rings (SSSR count). The Bertz CT molecular complexity index is 782. The third kappa shape index (κ3) is 6.44. The summed E-state index contributed by atoms with van der Waals surface area (Å²) < 4.78 is 63.7. The van der Waals surface area contributed by atoms with Crippen LogP contribution in [0, 0.1) is 5.82 Å². The van der Waals surface area contributed by atoms with Gasteiger partial charge in [0.05, 0.1) is 23.3 Å². The number of benzene rings is 1. The molecule has 12 heteroatoms. The predicted molar refractivity (Wildman–Crippen MR) is 95.3 cm³/mol. The Morgan fingerprint density at radius 1 is 1.17 bits per heavy atom. The zero-order valence-electron chi connectivity index (χ0n) is 15.6. The van der Waals surface area contributed by atoms with Gasteiger partial charge in [0.25, 0.3) is 5.91 Å². The highest BCUT2D eigenvalue weighted by Crippen LogP contribution is 2.32. The average Bonchev–Trinajstić information content (AvgIpc) is 2.59. The van der Waals surface area contributed by atoms with Gasteiger partial charge < -0.3 is 19.7 Å². The van der Waals surface area contributed by atoms with Crippen molar-refractivity contribution in [2.45, 2.75) is 37.5 Å². The molecule has 2 amide bonds. The topological polar surface area (TPSA) is 77.1 Å². The normalized spacial score (nSPS) is 21.6. The van der Waals surface area contributed by atoms with Crippen LogP contribution in [0.15, 0.2) is 18.2 Å². The summed E-state index contributed by atoms with van der Waals surface area (Å²) in [5.74, 6) is -1.24. The Balaban J connectivity index is 1.26. The van der Waals surface area contributed by atoms with Gasteiger partial charge in [0, 0.05) is 32.0 Å². The van der Waals surface area contributed by atoms with E-state index in [1.165, 1.54) is 17.0 Å². The van der Waals surface area contributed by atoms with Crippen molar-refractivity contribution in [1.29, 1.82) is 0 Å². The second kappa shape index (κ2) is 9.36. The fraction of sp³-hybridized carbons (Fsp3) is 0.556. The molecule has 0 unspecified atom stereocenters. The van der Waals surface area contributed by atoms with E-state index in [1.807, 2.05) is 0 Å². The second-order valence-corrected chi connectivity index (χ2v) is 7.42. The Kier molecular flexibility index (Phi) is 7.04. The van der Waals surface area contributed by atoms with Crippen LogP contribution in [0.25, 0.3) is 0 Å². The minimum absolute atomic E-state index is 0.0539. The van der Waals surface area contributed by atoms with E-state index in [1.54, 1.807) is 0 Å². The summed E-state index contributed by atoms with van der Waals surface area (Å²) in [4.78, 5) is 25.3. The number of carbonyl (C=O) groups is 2.